The number of rotatable bonds is 1. The number of fused-ring (bicyclic) bond motifs is 1. The van der Waals surface area contributed by atoms with Crippen molar-refractivity contribution >= 4 is 21.6 Å². The van der Waals surface area contributed by atoms with Crippen LogP contribution in [0.5, 0.6) is 0 Å². The van der Waals surface area contributed by atoms with Gasteiger partial charge >= 0.3 is 0 Å². The maximum Gasteiger partial charge on any atom is 0.124 e. The Labute approximate surface area is 159 Å². The molecule has 3 rings (SSSR count). The Hall–Kier alpha value is -1.67. The van der Waals surface area contributed by atoms with E-state index < -0.39 is 0 Å². The molecule has 2 heteroatoms. The fraction of sp³-hybridized carbons (Fsp3) is 0.435. The number of thiazole rings is 1. The number of aryl methyl sites for hydroxylation is 4. The lowest BCUT2D eigenvalue weighted by atomic mass is 10.1. The second kappa shape index (κ2) is 11.8. The van der Waals surface area contributed by atoms with E-state index in [4.69, 9.17) is 4.98 Å². The molecule has 0 radical (unpaired) electrons. The van der Waals surface area contributed by atoms with Crippen molar-refractivity contribution in [2.24, 2.45) is 0 Å². The maximum absolute atomic E-state index is 4.84. The lowest BCUT2D eigenvalue weighted by Gasteiger charge is -2.01. The Bertz CT molecular complexity index is 710. The van der Waals surface area contributed by atoms with Gasteiger partial charge in [-0.15, -0.1) is 11.3 Å². The largest absolute Gasteiger partial charge is 0.236 e. The molecule has 0 fully saturated rings. The van der Waals surface area contributed by atoms with Crippen LogP contribution in [0.3, 0.4) is 0 Å². The summed E-state index contributed by atoms with van der Waals surface area (Å²) in [5.41, 5.74) is 7.54. The third-order valence-electron chi connectivity index (χ3n) is 3.41. The van der Waals surface area contributed by atoms with Crippen molar-refractivity contribution in [1.82, 2.24) is 4.98 Å². The molecule has 0 aliphatic rings. The van der Waals surface area contributed by atoms with E-state index in [1.54, 1.807) is 11.3 Å². The average Bonchev–Trinajstić information content (AvgIpc) is 3.10. The number of hydrogen-bond acceptors (Lipinski definition) is 2. The molecule has 25 heavy (non-hydrogen) atoms. The minimum atomic E-state index is 1.12. The predicted octanol–water partition coefficient (Wildman–Crippen LogP) is 8.28. The molecular formula is C23H35NS. The summed E-state index contributed by atoms with van der Waals surface area (Å²) in [6.07, 6.45) is 0. The Balaban J connectivity index is 0.000000871. The van der Waals surface area contributed by atoms with Crippen LogP contribution < -0.4 is 0 Å². The van der Waals surface area contributed by atoms with Crippen LogP contribution in [-0.2, 0) is 0 Å². The lowest BCUT2D eigenvalue weighted by molar-refractivity contribution is 1.36. The predicted molar refractivity (Wildman–Crippen MR) is 118 cm³/mol. The minimum Gasteiger partial charge on any atom is -0.236 e. The van der Waals surface area contributed by atoms with Crippen LogP contribution in [0.1, 0.15) is 63.8 Å². The van der Waals surface area contributed by atoms with E-state index in [-0.39, 0.29) is 0 Å². The molecular weight excluding hydrogens is 322 g/mol. The third kappa shape index (κ3) is 5.97. The van der Waals surface area contributed by atoms with Gasteiger partial charge < -0.3 is 0 Å². The maximum atomic E-state index is 4.84. The van der Waals surface area contributed by atoms with Crippen molar-refractivity contribution in [2.45, 2.75) is 69.2 Å². The molecule has 0 spiro atoms. The summed E-state index contributed by atoms with van der Waals surface area (Å²) in [7, 11) is 0. The molecule has 0 atom stereocenters. The Kier molecular flexibility index (Phi) is 11.0. The van der Waals surface area contributed by atoms with Gasteiger partial charge in [-0.1, -0.05) is 70.9 Å². The highest BCUT2D eigenvalue weighted by Crippen LogP contribution is 2.34. The molecule has 1 nitrogen and oxygen atoms in total. The van der Waals surface area contributed by atoms with Crippen molar-refractivity contribution in [3.63, 3.8) is 0 Å². The number of aromatic nitrogens is 1. The molecule has 0 saturated heterocycles. The highest BCUT2D eigenvalue weighted by molar-refractivity contribution is 7.21. The molecule has 3 aromatic rings. The normalized spacial score (nSPS) is 9.20. The summed E-state index contributed by atoms with van der Waals surface area (Å²) in [6, 6.07) is 11.0. The number of benzene rings is 2. The quantitative estimate of drug-likeness (QED) is 0.427. The van der Waals surface area contributed by atoms with Crippen LogP contribution >= 0.6 is 11.3 Å². The van der Waals surface area contributed by atoms with Crippen LogP contribution in [0.25, 0.3) is 20.8 Å². The molecule has 0 unspecified atom stereocenters. The van der Waals surface area contributed by atoms with Gasteiger partial charge in [0.05, 0.1) is 10.2 Å². The van der Waals surface area contributed by atoms with Crippen molar-refractivity contribution < 1.29 is 0 Å². The lowest BCUT2D eigenvalue weighted by Crippen LogP contribution is -1.82. The smallest absolute Gasteiger partial charge is 0.124 e. The van der Waals surface area contributed by atoms with Gasteiger partial charge in [0.15, 0.2) is 0 Å². The summed E-state index contributed by atoms with van der Waals surface area (Å²) in [5.74, 6) is 0. The first-order chi connectivity index (χ1) is 12.0. The fourth-order valence-electron chi connectivity index (χ4n) is 2.48. The van der Waals surface area contributed by atoms with E-state index in [1.165, 1.54) is 32.5 Å². The van der Waals surface area contributed by atoms with E-state index in [9.17, 15) is 0 Å². The van der Waals surface area contributed by atoms with Crippen molar-refractivity contribution in [1.29, 1.82) is 0 Å². The Morgan fingerprint density at radius 1 is 0.680 bits per heavy atom. The van der Waals surface area contributed by atoms with Crippen LogP contribution in [-0.4, -0.2) is 4.98 Å². The van der Waals surface area contributed by atoms with E-state index in [0.29, 0.717) is 0 Å². The first kappa shape index (κ1) is 23.3. The molecule has 0 amide bonds. The van der Waals surface area contributed by atoms with Gasteiger partial charge in [-0.3, -0.25) is 0 Å². The molecule has 0 N–H and O–H groups in total. The van der Waals surface area contributed by atoms with Crippen LogP contribution in [0, 0.1) is 27.7 Å². The van der Waals surface area contributed by atoms with E-state index in [2.05, 4.69) is 58.0 Å². The first-order valence-corrected chi connectivity index (χ1v) is 10.3. The van der Waals surface area contributed by atoms with E-state index >= 15 is 0 Å². The summed E-state index contributed by atoms with van der Waals surface area (Å²) >= 11 is 1.80. The zero-order valence-electron chi connectivity index (χ0n) is 17.7. The highest BCUT2D eigenvalue weighted by Gasteiger charge is 2.10. The van der Waals surface area contributed by atoms with E-state index in [0.717, 1.165) is 10.5 Å². The van der Waals surface area contributed by atoms with Crippen molar-refractivity contribution in [2.75, 3.05) is 0 Å². The Morgan fingerprint density at radius 3 is 1.64 bits per heavy atom. The monoisotopic (exact) mass is 357 g/mol. The fourth-order valence-corrected chi connectivity index (χ4v) is 3.58. The zero-order chi connectivity index (χ0) is 19.6. The topological polar surface area (TPSA) is 12.9 Å². The molecule has 0 saturated carbocycles. The van der Waals surface area contributed by atoms with Gasteiger partial charge in [-0.2, -0.15) is 0 Å². The summed E-state index contributed by atoms with van der Waals surface area (Å²) in [6.45, 7) is 20.6. The molecule has 0 bridgehead atoms. The molecule has 0 aliphatic heterocycles. The van der Waals surface area contributed by atoms with Gasteiger partial charge in [0.25, 0.3) is 0 Å². The highest BCUT2D eigenvalue weighted by atomic mass is 32.1. The van der Waals surface area contributed by atoms with Gasteiger partial charge in [0.1, 0.15) is 5.01 Å². The molecule has 1 aromatic heterocycles. The van der Waals surface area contributed by atoms with Crippen molar-refractivity contribution in [3.05, 3.63) is 52.6 Å². The minimum absolute atomic E-state index is 1.12. The van der Waals surface area contributed by atoms with E-state index in [1.807, 2.05) is 41.5 Å². The summed E-state index contributed by atoms with van der Waals surface area (Å²) in [5, 5.41) is 1.12. The van der Waals surface area contributed by atoms with Gasteiger partial charge in [-0.05, 0) is 51.0 Å². The standard InChI is InChI=1S/C17H17NS.3C2H6/c1-10-7-11(2)9-14(8-10)17-18-15-12(3)5-6-13(4)16(15)19-17;3*1-2/h5-9H,1-4H3;3*1-2H3. The third-order valence-corrected chi connectivity index (χ3v) is 4.65. The molecule has 1 heterocycles. The van der Waals surface area contributed by atoms with Crippen LogP contribution in [0.2, 0.25) is 0 Å². The Morgan fingerprint density at radius 2 is 1.16 bits per heavy atom. The van der Waals surface area contributed by atoms with Crippen LogP contribution in [0.4, 0.5) is 0 Å². The second-order valence-corrected chi connectivity index (χ2v) is 6.27. The second-order valence-electron chi connectivity index (χ2n) is 5.27. The molecule has 138 valence electrons. The van der Waals surface area contributed by atoms with Gasteiger partial charge in [0.2, 0.25) is 0 Å². The molecule has 2 aromatic carbocycles. The van der Waals surface area contributed by atoms with Gasteiger partial charge in [0, 0.05) is 5.56 Å². The van der Waals surface area contributed by atoms with Gasteiger partial charge in [-0.25, -0.2) is 4.98 Å². The average molecular weight is 358 g/mol. The summed E-state index contributed by atoms with van der Waals surface area (Å²) in [4.78, 5) is 4.84. The number of nitrogens with zero attached hydrogens (tertiary/aromatic N) is 1. The SMILES string of the molecule is CC.CC.CC.Cc1cc(C)cc(-c2nc3c(C)ccc(C)c3s2)c1. The zero-order valence-corrected chi connectivity index (χ0v) is 18.6. The number of hydrogen-bond donors (Lipinski definition) is 0. The first-order valence-electron chi connectivity index (χ1n) is 9.50. The van der Waals surface area contributed by atoms with Crippen molar-refractivity contribution in [3.8, 4) is 10.6 Å². The molecule has 0 aliphatic carbocycles. The summed E-state index contributed by atoms with van der Waals surface area (Å²) < 4.78 is 1.31. The van der Waals surface area contributed by atoms with Crippen LogP contribution in [0.15, 0.2) is 30.3 Å².